The van der Waals surface area contributed by atoms with Crippen LogP contribution in [0.15, 0.2) is 91.0 Å². The van der Waals surface area contributed by atoms with Crippen LogP contribution in [-0.2, 0) is 9.31 Å². The van der Waals surface area contributed by atoms with Gasteiger partial charge in [0.05, 0.1) is 11.2 Å². The topological polar surface area (TPSA) is 18.5 Å². The van der Waals surface area contributed by atoms with Crippen LogP contribution in [0.1, 0.15) is 27.7 Å². The smallest absolute Gasteiger partial charge is 0.399 e. The average Bonchev–Trinajstić information content (AvgIpc) is 3.00. The van der Waals surface area contributed by atoms with Crippen molar-refractivity contribution in [3.8, 4) is 22.3 Å². The van der Waals surface area contributed by atoms with E-state index in [9.17, 15) is 0 Å². The van der Waals surface area contributed by atoms with Crippen LogP contribution in [0, 0.1) is 0 Å². The van der Waals surface area contributed by atoms with E-state index in [1.54, 1.807) is 0 Å². The molecule has 1 aliphatic rings. The highest BCUT2D eigenvalue weighted by atomic mass is 16.7. The highest BCUT2D eigenvalue weighted by Gasteiger charge is 2.51. The number of fused-ring (bicyclic) bond motifs is 1. The molecule has 5 rings (SSSR count). The number of hydrogen-bond donors (Lipinski definition) is 0. The minimum Gasteiger partial charge on any atom is -0.399 e. The molecule has 4 aromatic carbocycles. The van der Waals surface area contributed by atoms with Gasteiger partial charge >= 0.3 is 7.12 Å². The van der Waals surface area contributed by atoms with Gasteiger partial charge in [-0.2, -0.15) is 0 Å². The minimum absolute atomic E-state index is 0.331. The predicted octanol–water partition coefficient (Wildman–Crippen LogP) is 6.47. The molecule has 0 radical (unpaired) electrons. The zero-order valence-electron chi connectivity index (χ0n) is 18.6. The van der Waals surface area contributed by atoms with Crippen LogP contribution in [0.4, 0.5) is 0 Å². The van der Waals surface area contributed by atoms with Crippen LogP contribution in [0.5, 0.6) is 0 Å². The first kappa shape index (κ1) is 20.1. The number of hydrogen-bond acceptors (Lipinski definition) is 2. The lowest BCUT2D eigenvalue weighted by Gasteiger charge is -2.32. The molecule has 2 nitrogen and oxygen atoms in total. The summed E-state index contributed by atoms with van der Waals surface area (Å²) >= 11 is 0. The largest absolute Gasteiger partial charge is 0.494 e. The van der Waals surface area contributed by atoms with E-state index in [2.05, 4.69) is 119 Å². The van der Waals surface area contributed by atoms with Crippen LogP contribution < -0.4 is 5.46 Å². The van der Waals surface area contributed by atoms with Gasteiger partial charge in [-0.3, -0.25) is 0 Å². The maximum atomic E-state index is 6.20. The van der Waals surface area contributed by atoms with Gasteiger partial charge in [-0.05, 0) is 72.3 Å². The summed E-state index contributed by atoms with van der Waals surface area (Å²) in [5.74, 6) is 0. The van der Waals surface area contributed by atoms with E-state index in [0.29, 0.717) is 0 Å². The second kappa shape index (κ2) is 7.37. The molecule has 0 amide bonds. The van der Waals surface area contributed by atoms with Gasteiger partial charge < -0.3 is 9.31 Å². The van der Waals surface area contributed by atoms with Crippen LogP contribution in [-0.4, -0.2) is 18.3 Å². The fourth-order valence-corrected chi connectivity index (χ4v) is 4.13. The van der Waals surface area contributed by atoms with Crippen molar-refractivity contribution in [2.75, 3.05) is 0 Å². The SMILES string of the molecule is CC1(C)OB(c2ccc(-c3ccc4cccc(-c5ccccc5)c4c3)cc2)OC1(C)C. The number of benzene rings is 4. The Morgan fingerprint density at radius 2 is 1.23 bits per heavy atom. The van der Waals surface area contributed by atoms with E-state index in [-0.39, 0.29) is 18.3 Å². The molecule has 0 aliphatic carbocycles. The lowest BCUT2D eigenvalue weighted by atomic mass is 9.78. The van der Waals surface area contributed by atoms with E-state index >= 15 is 0 Å². The lowest BCUT2D eigenvalue weighted by molar-refractivity contribution is 0.00578. The third kappa shape index (κ3) is 3.58. The Hall–Kier alpha value is -2.88. The van der Waals surface area contributed by atoms with Gasteiger partial charge in [-0.25, -0.2) is 0 Å². The third-order valence-corrected chi connectivity index (χ3v) is 6.74. The molecule has 1 aliphatic heterocycles. The molecule has 4 aromatic rings. The van der Waals surface area contributed by atoms with E-state index in [4.69, 9.17) is 9.31 Å². The molecule has 1 heterocycles. The van der Waals surface area contributed by atoms with Gasteiger partial charge in [0.25, 0.3) is 0 Å². The predicted molar refractivity (Wildman–Crippen MR) is 131 cm³/mol. The fourth-order valence-electron chi connectivity index (χ4n) is 4.13. The lowest BCUT2D eigenvalue weighted by Crippen LogP contribution is -2.41. The van der Waals surface area contributed by atoms with Crippen molar-refractivity contribution in [1.29, 1.82) is 0 Å². The summed E-state index contributed by atoms with van der Waals surface area (Å²) < 4.78 is 12.4. The average molecular weight is 406 g/mol. The zero-order valence-corrected chi connectivity index (χ0v) is 18.6. The Morgan fingerprint density at radius 1 is 0.581 bits per heavy atom. The van der Waals surface area contributed by atoms with Crippen molar-refractivity contribution in [2.45, 2.75) is 38.9 Å². The molecule has 0 saturated carbocycles. The number of rotatable bonds is 3. The standard InChI is InChI=1S/C28H27BO2/c1-27(2)28(3,4)31-29(30-27)24-17-15-20(16-18-24)23-14-13-22-11-8-12-25(26(22)19-23)21-9-6-5-7-10-21/h5-19H,1-4H3. The minimum atomic E-state index is -0.333. The summed E-state index contributed by atoms with van der Waals surface area (Å²) in [6.07, 6.45) is 0. The van der Waals surface area contributed by atoms with Crippen LogP contribution in [0.3, 0.4) is 0 Å². The van der Waals surface area contributed by atoms with Crippen molar-refractivity contribution in [3.63, 3.8) is 0 Å². The first-order chi connectivity index (χ1) is 14.8. The van der Waals surface area contributed by atoms with Crippen molar-refractivity contribution in [3.05, 3.63) is 91.0 Å². The molecule has 0 unspecified atom stereocenters. The van der Waals surface area contributed by atoms with Crippen molar-refractivity contribution < 1.29 is 9.31 Å². The first-order valence-electron chi connectivity index (χ1n) is 10.9. The summed E-state index contributed by atoms with van der Waals surface area (Å²) in [7, 11) is -0.333. The second-order valence-electron chi connectivity index (χ2n) is 9.32. The summed E-state index contributed by atoms with van der Waals surface area (Å²) in [5, 5.41) is 2.51. The van der Waals surface area contributed by atoms with Gasteiger partial charge in [-0.15, -0.1) is 0 Å². The molecular formula is C28H27BO2. The fraction of sp³-hybridized carbons (Fsp3) is 0.214. The Bertz CT molecular complexity index is 1210. The normalized spacial score (nSPS) is 17.2. The maximum absolute atomic E-state index is 6.20. The summed E-state index contributed by atoms with van der Waals surface area (Å²) in [6, 6.07) is 32.3. The van der Waals surface area contributed by atoms with E-state index in [1.165, 1.54) is 33.0 Å². The maximum Gasteiger partial charge on any atom is 0.494 e. The molecule has 0 atom stereocenters. The molecule has 31 heavy (non-hydrogen) atoms. The van der Waals surface area contributed by atoms with Gasteiger partial charge in [0.15, 0.2) is 0 Å². The zero-order chi connectivity index (χ0) is 21.6. The van der Waals surface area contributed by atoms with Gasteiger partial charge in [0.1, 0.15) is 0 Å². The molecule has 0 bridgehead atoms. The Balaban J connectivity index is 1.49. The second-order valence-corrected chi connectivity index (χ2v) is 9.32. The molecule has 0 aromatic heterocycles. The van der Waals surface area contributed by atoms with E-state index in [0.717, 1.165) is 5.46 Å². The van der Waals surface area contributed by atoms with Crippen molar-refractivity contribution in [1.82, 2.24) is 0 Å². The Labute approximate surface area is 185 Å². The molecule has 0 N–H and O–H groups in total. The first-order valence-corrected chi connectivity index (χ1v) is 10.9. The van der Waals surface area contributed by atoms with Crippen LogP contribution in [0.25, 0.3) is 33.0 Å². The van der Waals surface area contributed by atoms with Gasteiger partial charge in [-0.1, -0.05) is 84.9 Å². The highest BCUT2D eigenvalue weighted by molar-refractivity contribution is 6.62. The van der Waals surface area contributed by atoms with Crippen LogP contribution in [0.2, 0.25) is 0 Å². The molecule has 1 fully saturated rings. The van der Waals surface area contributed by atoms with E-state index in [1.807, 2.05) is 0 Å². The molecule has 0 spiro atoms. The van der Waals surface area contributed by atoms with Crippen molar-refractivity contribution in [2.24, 2.45) is 0 Å². The third-order valence-electron chi connectivity index (χ3n) is 6.74. The van der Waals surface area contributed by atoms with Crippen molar-refractivity contribution >= 4 is 23.4 Å². The monoisotopic (exact) mass is 406 g/mol. The highest BCUT2D eigenvalue weighted by Crippen LogP contribution is 2.37. The van der Waals surface area contributed by atoms with Gasteiger partial charge in [0.2, 0.25) is 0 Å². The Morgan fingerprint density at radius 3 is 1.90 bits per heavy atom. The Kier molecular flexibility index (Phi) is 4.77. The molecular weight excluding hydrogens is 379 g/mol. The summed E-state index contributed by atoms with van der Waals surface area (Å²) in [6.45, 7) is 8.34. The molecule has 154 valence electrons. The van der Waals surface area contributed by atoms with E-state index < -0.39 is 0 Å². The molecule has 1 saturated heterocycles. The van der Waals surface area contributed by atoms with Gasteiger partial charge in [0, 0.05) is 0 Å². The quantitative estimate of drug-likeness (QED) is 0.363. The summed E-state index contributed by atoms with van der Waals surface area (Å²) in [4.78, 5) is 0. The van der Waals surface area contributed by atoms with Crippen LogP contribution >= 0.6 is 0 Å². The molecule has 3 heteroatoms. The summed E-state index contributed by atoms with van der Waals surface area (Å²) in [5.41, 5.74) is 5.27.